The number of rotatable bonds is 5. The van der Waals surface area contributed by atoms with Crippen LogP contribution in [-0.4, -0.2) is 20.9 Å². The Kier molecular flexibility index (Phi) is 3.71. The van der Waals surface area contributed by atoms with Crippen molar-refractivity contribution in [3.05, 3.63) is 40.6 Å². The molecule has 0 atom stereocenters. The first-order valence-corrected chi connectivity index (χ1v) is 6.00. The lowest BCUT2D eigenvalue weighted by molar-refractivity contribution is 0.0695. The van der Waals surface area contributed by atoms with Crippen LogP contribution in [0.25, 0.3) is 0 Å². The first-order valence-electron chi connectivity index (χ1n) is 6.00. The van der Waals surface area contributed by atoms with Crippen LogP contribution < -0.4 is 5.32 Å². The van der Waals surface area contributed by atoms with Gasteiger partial charge in [-0.15, -0.1) is 0 Å². The summed E-state index contributed by atoms with van der Waals surface area (Å²) in [6.45, 7) is 4.81. The van der Waals surface area contributed by atoms with Gasteiger partial charge in [-0.05, 0) is 19.9 Å². The van der Waals surface area contributed by atoms with Crippen molar-refractivity contribution in [1.29, 1.82) is 0 Å². The fourth-order valence-corrected chi connectivity index (χ4v) is 1.88. The molecule has 2 N–H and O–H groups in total. The monoisotopic (exact) mass is 263 g/mol. The van der Waals surface area contributed by atoms with Crippen LogP contribution in [0, 0.1) is 13.8 Å². The predicted molar refractivity (Wildman–Crippen MR) is 68.9 cm³/mol. The van der Waals surface area contributed by atoms with E-state index >= 15 is 0 Å². The second-order valence-electron chi connectivity index (χ2n) is 4.47. The SMILES string of the molecule is Cc1oc(CNCc2cnn(C)c2C)cc1C(=O)O. The van der Waals surface area contributed by atoms with Gasteiger partial charge in [0.05, 0.1) is 12.7 Å². The maximum Gasteiger partial charge on any atom is 0.339 e. The lowest BCUT2D eigenvalue weighted by Gasteiger charge is -2.02. The molecular formula is C13H17N3O3. The number of carbonyl (C=O) groups is 1. The molecule has 0 bridgehead atoms. The molecule has 2 heterocycles. The number of carboxylic acids is 1. The smallest absolute Gasteiger partial charge is 0.339 e. The summed E-state index contributed by atoms with van der Waals surface area (Å²) in [5.41, 5.74) is 2.44. The van der Waals surface area contributed by atoms with Crippen molar-refractivity contribution in [2.24, 2.45) is 7.05 Å². The Bertz CT molecular complexity index is 598. The highest BCUT2D eigenvalue weighted by atomic mass is 16.4. The molecule has 0 aromatic carbocycles. The van der Waals surface area contributed by atoms with E-state index in [1.54, 1.807) is 13.0 Å². The van der Waals surface area contributed by atoms with E-state index < -0.39 is 5.97 Å². The van der Waals surface area contributed by atoms with Crippen LogP contribution in [0.5, 0.6) is 0 Å². The molecule has 0 fully saturated rings. The summed E-state index contributed by atoms with van der Waals surface area (Å²) in [5, 5.41) is 16.3. The third kappa shape index (κ3) is 2.85. The average molecular weight is 263 g/mol. The van der Waals surface area contributed by atoms with E-state index in [2.05, 4.69) is 10.4 Å². The van der Waals surface area contributed by atoms with E-state index in [9.17, 15) is 4.79 Å². The average Bonchev–Trinajstić information content (AvgIpc) is 2.86. The lowest BCUT2D eigenvalue weighted by atomic mass is 10.2. The van der Waals surface area contributed by atoms with Gasteiger partial charge in [0.1, 0.15) is 17.1 Å². The molecule has 0 radical (unpaired) electrons. The number of nitrogens with one attached hydrogen (secondary N) is 1. The standard InChI is InChI=1S/C13H17N3O3/c1-8-10(6-15-16(8)3)5-14-7-11-4-12(13(17)18)9(2)19-11/h4,6,14H,5,7H2,1-3H3,(H,17,18). The van der Waals surface area contributed by atoms with Crippen LogP contribution in [0.1, 0.15) is 33.1 Å². The molecule has 2 aromatic rings. The van der Waals surface area contributed by atoms with E-state index in [-0.39, 0.29) is 5.56 Å². The molecule has 0 unspecified atom stereocenters. The molecule has 0 amide bonds. The van der Waals surface area contributed by atoms with Gasteiger partial charge in [0.15, 0.2) is 0 Å². The largest absolute Gasteiger partial charge is 0.478 e. The van der Waals surface area contributed by atoms with Gasteiger partial charge in [-0.1, -0.05) is 0 Å². The number of hydrogen-bond donors (Lipinski definition) is 2. The third-order valence-corrected chi connectivity index (χ3v) is 3.15. The minimum absolute atomic E-state index is 0.217. The Labute approximate surface area is 111 Å². The number of hydrogen-bond acceptors (Lipinski definition) is 4. The fourth-order valence-electron chi connectivity index (χ4n) is 1.88. The van der Waals surface area contributed by atoms with Crippen LogP contribution >= 0.6 is 0 Å². The van der Waals surface area contributed by atoms with Gasteiger partial charge in [-0.3, -0.25) is 4.68 Å². The summed E-state index contributed by atoms with van der Waals surface area (Å²) in [6, 6.07) is 1.56. The molecule has 0 aliphatic rings. The Morgan fingerprint density at radius 3 is 2.74 bits per heavy atom. The molecule has 102 valence electrons. The molecule has 0 aliphatic carbocycles. The van der Waals surface area contributed by atoms with Gasteiger partial charge in [0.25, 0.3) is 0 Å². The van der Waals surface area contributed by atoms with Crippen molar-refractivity contribution in [1.82, 2.24) is 15.1 Å². The Morgan fingerprint density at radius 1 is 1.47 bits per heavy atom. The zero-order valence-electron chi connectivity index (χ0n) is 11.2. The molecule has 0 saturated heterocycles. The van der Waals surface area contributed by atoms with E-state index in [1.165, 1.54) is 0 Å². The van der Waals surface area contributed by atoms with E-state index in [0.717, 1.165) is 11.3 Å². The van der Waals surface area contributed by atoms with Gasteiger partial charge >= 0.3 is 5.97 Å². The first-order chi connectivity index (χ1) is 8.99. The van der Waals surface area contributed by atoms with Crippen LogP contribution in [0.15, 0.2) is 16.7 Å². The highest BCUT2D eigenvalue weighted by molar-refractivity contribution is 5.88. The number of aryl methyl sites for hydroxylation is 2. The molecule has 0 spiro atoms. The lowest BCUT2D eigenvalue weighted by Crippen LogP contribution is -2.12. The van der Waals surface area contributed by atoms with E-state index in [0.29, 0.717) is 24.6 Å². The Morgan fingerprint density at radius 2 is 2.21 bits per heavy atom. The molecule has 19 heavy (non-hydrogen) atoms. The van der Waals surface area contributed by atoms with Gasteiger partial charge in [-0.25, -0.2) is 4.79 Å². The van der Waals surface area contributed by atoms with Crippen LogP contribution in [0.3, 0.4) is 0 Å². The summed E-state index contributed by atoms with van der Waals surface area (Å²) < 4.78 is 7.20. The van der Waals surface area contributed by atoms with Crippen molar-refractivity contribution in [2.75, 3.05) is 0 Å². The summed E-state index contributed by atoms with van der Waals surface area (Å²) in [5.74, 6) is 0.0916. The first kappa shape index (κ1) is 13.4. The number of nitrogens with zero attached hydrogens (tertiary/aromatic N) is 2. The second-order valence-corrected chi connectivity index (χ2v) is 4.47. The summed E-state index contributed by atoms with van der Waals surface area (Å²) in [4.78, 5) is 10.9. The maximum absolute atomic E-state index is 10.9. The summed E-state index contributed by atoms with van der Waals surface area (Å²) in [7, 11) is 1.90. The third-order valence-electron chi connectivity index (χ3n) is 3.15. The topological polar surface area (TPSA) is 80.3 Å². The van der Waals surface area contributed by atoms with Gasteiger partial charge in [-0.2, -0.15) is 5.10 Å². The quantitative estimate of drug-likeness (QED) is 0.856. The van der Waals surface area contributed by atoms with Gasteiger partial charge in [0.2, 0.25) is 0 Å². The molecule has 6 nitrogen and oxygen atoms in total. The highest BCUT2D eigenvalue weighted by Gasteiger charge is 2.13. The summed E-state index contributed by atoms with van der Waals surface area (Å²) in [6.07, 6.45) is 1.82. The van der Waals surface area contributed by atoms with E-state index in [4.69, 9.17) is 9.52 Å². The zero-order valence-corrected chi connectivity index (χ0v) is 11.2. The molecule has 2 rings (SSSR count). The highest BCUT2D eigenvalue weighted by Crippen LogP contribution is 2.14. The van der Waals surface area contributed by atoms with Crippen molar-refractivity contribution < 1.29 is 14.3 Å². The van der Waals surface area contributed by atoms with Crippen LogP contribution in [0.2, 0.25) is 0 Å². The van der Waals surface area contributed by atoms with Crippen LogP contribution in [-0.2, 0) is 20.1 Å². The van der Waals surface area contributed by atoms with Crippen molar-refractivity contribution in [3.8, 4) is 0 Å². The molecule has 0 aliphatic heterocycles. The molecular weight excluding hydrogens is 246 g/mol. The normalized spacial score (nSPS) is 10.9. The number of aromatic nitrogens is 2. The number of aromatic carboxylic acids is 1. The van der Waals surface area contributed by atoms with Crippen molar-refractivity contribution in [3.63, 3.8) is 0 Å². The van der Waals surface area contributed by atoms with Gasteiger partial charge < -0.3 is 14.8 Å². The molecule has 6 heteroatoms. The minimum atomic E-state index is -0.962. The maximum atomic E-state index is 10.9. The van der Waals surface area contributed by atoms with Crippen molar-refractivity contribution in [2.45, 2.75) is 26.9 Å². The fraction of sp³-hybridized carbons (Fsp3) is 0.385. The Balaban J connectivity index is 1.94. The van der Waals surface area contributed by atoms with E-state index in [1.807, 2.05) is 24.9 Å². The predicted octanol–water partition coefficient (Wildman–Crippen LogP) is 1.62. The number of carboxylic acid groups (broad SMARTS) is 1. The zero-order chi connectivity index (χ0) is 14.0. The molecule has 2 aromatic heterocycles. The van der Waals surface area contributed by atoms with Gasteiger partial charge in [0, 0.05) is 24.8 Å². The molecule has 0 saturated carbocycles. The Hall–Kier alpha value is -2.08. The van der Waals surface area contributed by atoms with Crippen LogP contribution in [0.4, 0.5) is 0 Å². The minimum Gasteiger partial charge on any atom is -0.478 e. The summed E-state index contributed by atoms with van der Waals surface area (Å²) >= 11 is 0. The number of furan rings is 1. The second kappa shape index (κ2) is 5.27. The van der Waals surface area contributed by atoms with Crippen molar-refractivity contribution >= 4 is 5.97 Å².